The van der Waals surface area contributed by atoms with Crippen LogP contribution in [0.4, 0.5) is 13.2 Å². The highest BCUT2D eigenvalue weighted by Crippen LogP contribution is 2.30. The van der Waals surface area contributed by atoms with Gasteiger partial charge in [0, 0.05) is 17.3 Å². The summed E-state index contributed by atoms with van der Waals surface area (Å²) in [5.41, 5.74) is 0.606. The molecule has 0 saturated heterocycles. The number of alkyl halides is 3. The molecular formula is C14H20F3NOS. The van der Waals surface area contributed by atoms with Gasteiger partial charge in [-0.25, -0.2) is 0 Å². The zero-order valence-corrected chi connectivity index (χ0v) is 12.3. The molecule has 0 amide bonds. The number of nitrogens with one attached hydrogen (secondary N) is 1. The van der Waals surface area contributed by atoms with Crippen LogP contribution in [-0.4, -0.2) is 35.4 Å². The Labute approximate surface area is 121 Å². The van der Waals surface area contributed by atoms with E-state index in [1.807, 2.05) is 6.26 Å². The van der Waals surface area contributed by atoms with Gasteiger partial charge in [-0.3, -0.25) is 0 Å². The van der Waals surface area contributed by atoms with Gasteiger partial charge in [-0.15, -0.1) is 0 Å². The maximum Gasteiger partial charge on any atom is 0.390 e. The maximum atomic E-state index is 12.7. The van der Waals surface area contributed by atoms with Gasteiger partial charge >= 0.3 is 6.18 Å². The molecule has 0 saturated carbocycles. The lowest BCUT2D eigenvalue weighted by Gasteiger charge is -2.28. The smallest absolute Gasteiger partial charge is 0.390 e. The molecule has 3 atom stereocenters. The fraction of sp³-hybridized carbons (Fsp3) is 0.571. The van der Waals surface area contributed by atoms with Gasteiger partial charge in [-0.1, -0.05) is 30.3 Å². The summed E-state index contributed by atoms with van der Waals surface area (Å²) in [6.45, 7) is 1.73. The quantitative estimate of drug-likeness (QED) is 0.810. The van der Waals surface area contributed by atoms with Crippen LogP contribution in [-0.2, 0) is 0 Å². The van der Waals surface area contributed by atoms with E-state index in [1.54, 1.807) is 37.3 Å². The van der Waals surface area contributed by atoms with Crippen molar-refractivity contribution < 1.29 is 18.3 Å². The van der Waals surface area contributed by atoms with Crippen LogP contribution in [0, 0.1) is 0 Å². The van der Waals surface area contributed by atoms with Crippen LogP contribution in [0.5, 0.6) is 0 Å². The fourth-order valence-electron chi connectivity index (χ4n) is 2.05. The average molecular weight is 307 g/mol. The van der Waals surface area contributed by atoms with Crippen molar-refractivity contribution >= 4 is 11.8 Å². The molecule has 0 heterocycles. The zero-order chi connectivity index (χ0) is 15.2. The van der Waals surface area contributed by atoms with Gasteiger partial charge in [0.25, 0.3) is 0 Å². The Morgan fingerprint density at radius 2 is 1.85 bits per heavy atom. The van der Waals surface area contributed by atoms with Crippen molar-refractivity contribution in [1.82, 2.24) is 5.32 Å². The Hall–Kier alpha value is -0.720. The monoisotopic (exact) mass is 307 g/mol. The van der Waals surface area contributed by atoms with Crippen molar-refractivity contribution in [2.75, 3.05) is 12.9 Å². The second-order valence-electron chi connectivity index (χ2n) is 4.69. The zero-order valence-electron chi connectivity index (χ0n) is 11.5. The number of rotatable bonds is 7. The molecular weight excluding hydrogens is 287 g/mol. The lowest BCUT2D eigenvalue weighted by molar-refractivity contribution is -0.140. The largest absolute Gasteiger partial charge is 0.395 e. The van der Waals surface area contributed by atoms with E-state index in [0.29, 0.717) is 5.56 Å². The summed E-state index contributed by atoms with van der Waals surface area (Å²) in [6, 6.07) is 7.57. The number of hydrogen-bond acceptors (Lipinski definition) is 3. The van der Waals surface area contributed by atoms with E-state index < -0.39 is 18.6 Å². The Kier molecular flexibility index (Phi) is 6.85. The molecule has 0 aromatic heterocycles. The van der Waals surface area contributed by atoms with Gasteiger partial charge in [-0.2, -0.15) is 24.9 Å². The van der Waals surface area contributed by atoms with Crippen LogP contribution in [0.25, 0.3) is 0 Å². The van der Waals surface area contributed by atoms with Gasteiger partial charge in [0.05, 0.1) is 13.0 Å². The van der Waals surface area contributed by atoms with Crippen molar-refractivity contribution in [3.8, 4) is 0 Å². The summed E-state index contributed by atoms with van der Waals surface area (Å²) in [5.74, 6) is 0. The Balaban J connectivity index is 2.83. The summed E-state index contributed by atoms with van der Waals surface area (Å²) in [5, 5.41) is 12.1. The van der Waals surface area contributed by atoms with Crippen molar-refractivity contribution in [1.29, 1.82) is 0 Å². The van der Waals surface area contributed by atoms with Crippen LogP contribution in [0.1, 0.15) is 24.9 Å². The maximum absolute atomic E-state index is 12.7. The van der Waals surface area contributed by atoms with Gasteiger partial charge in [0.2, 0.25) is 0 Å². The van der Waals surface area contributed by atoms with E-state index in [1.165, 1.54) is 11.8 Å². The highest BCUT2D eigenvalue weighted by molar-refractivity contribution is 7.99. The molecule has 0 aliphatic heterocycles. The molecule has 1 rings (SSSR count). The summed E-state index contributed by atoms with van der Waals surface area (Å²) in [6.07, 6.45) is -3.32. The van der Waals surface area contributed by atoms with Gasteiger partial charge in [0.1, 0.15) is 0 Å². The van der Waals surface area contributed by atoms with E-state index >= 15 is 0 Å². The summed E-state index contributed by atoms with van der Waals surface area (Å²) in [4.78, 5) is 0. The molecule has 114 valence electrons. The Morgan fingerprint density at radius 3 is 2.30 bits per heavy atom. The molecule has 0 spiro atoms. The molecule has 20 heavy (non-hydrogen) atoms. The number of benzene rings is 1. The van der Waals surface area contributed by atoms with E-state index in [4.69, 9.17) is 0 Å². The molecule has 3 unspecified atom stereocenters. The average Bonchev–Trinajstić information content (AvgIpc) is 2.39. The number of thioether (sulfide) groups is 1. The van der Waals surface area contributed by atoms with Crippen molar-refractivity contribution in [2.45, 2.75) is 36.9 Å². The van der Waals surface area contributed by atoms with Crippen LogP contribution < -0.4 is 5.32 Å². The molecule has 1 aromatic carbocycles. The Bertz CT molecular complexity index is 382. The first-order chi connectivity index (χ1) is 9.37. The third-order valence-electron chi connectivity index (χ3n) is 3.14. The van der Waals surface area contributed by atoms with E-state index in [2.05, 4.69) is 5.32 Å². The third kappa shape index (κ3) is 5.73. The minimum atomic E-state index is -4.23. The molecule has 0 aliphatic carbocycles. The standard InChI is InChI=1S/C14H20F3NOS/c1-10(13(9-19)20-2)18-12(8-14(15,16)17)11-6-4-3-5-7-11/h3-7,10,12-13,18-19H,8-9H2,1-2H3. The second-order valence-corrected chi connectivity index (χ2v) is 5.77. The molecule has 0 aliphatic rings. The predicted molar refractivity (Wildman–Crippen MR) is 76.8 cm³/mol. The lowest BCUT2D eigenvalue weighted by atomic mass is 10.0. The second kappa shape index (κ2) is 7.90. The highest BCUT2D eigenvalue weighted by atomic mass is 32.2. The molecule has 0 bridgehead atoms. The first-order valence-electron chi connectivity index (χ1n) is 6.38. The van der Waals surface area contributed by atoms with Crippen LogP contribution in [0.2, 0.25) is 0 Å². The van der Waals surface area contributed by atoms with Gasteiger partial charge < -0.3 is 10.4 Å². The van der Waals surface area contributed by atoms with Crippen LogP contribution in [0.15, 0.2) is 30.3 Å². The molecule has 1 aromatic rings. The minimum absolute atomic E-state index is 0.0666. The predicted octanol–water partition coefficient (Wildman–Crippen LogP) is 3.38. The molecule has 2 nitrogen and oxygen atoms in total. The summed E-state index contributed by atoms with van der Waals surface area (Å²) in [7, 11) is 0. The normalized spacial score (nSPS) is 16.7. The van der Waals surface area contributed by atoms with Crippen LogP contribution in [0.3, 0.4) is 0 Å². The fourth-order valence-corrected chi connectivity index (χ4v) is 2.69. The Morgan fingerprint density at radius 1 is 1.25 bits per heavy atom. The van der Waals surface area contributed by atoms with E-state index in [9.17, 15) is 18.3 Å². The first-order valence-corrected chi connectivity index (χ1v) is 7.67. The van der Waals surface area contributed by atoms with Crippen LogP contribution >= 0.6 is 11.8 Å². The summed E-state index contributed by atoms with van der Waals surface area (Å²) < 4.78 is 38.1. The lowest BCUT2D eigenvalue weighted by Crippen LogP contribution is -2.41. The minimum Gasteiger partial charge on any atom is -0.395 e. The van der Waals surface area contributed by atoms with Gasteiger partial charge in [-0.05, 0) is 18.7 Å². The van der Waals surface area contributed by atoms with Gasteiger partial charge in [0.15, 0.2) is 0 Å². The molecule has 0 fully saturated rings. The number of halogens is 3. The summed E-state index contributed by atoms with van der Waals surface area (Å²) >= 11 is 1.44. The van der Waals surface area contributed by atoms with Crippen molar-refractivity contribution in [2.24, 2.45) is 0 Å². The molecule has 2 N–H and O–H groups in total. The molecule has 0 radical (unpaired) electrons. The first kappa shape index (κ1) is 17.3. The highest BCUT2D eigenvalue weighted by Gasteiger charge is 2.33. The molecule has 6 heteroatoms. The SMILES string of the molecule is CSC(CO)C(C)NC(CC(F)(F)F)c1ccccc1. The number of hydrogen-bond donors (Lipinski definition) is 2. The van der Waals surface area contributed by atoms with Crippen molar-refractivity contribution in [3.63, 3.8) is 0 Å². The van der Waals surface area contributed by atoms with E-state index in [-0.39, 0.29) is 17.9 Å². The third-order valence-corrected chi connectivity index (χ3v) is 4.30. The van der Waals surface area contributed by atoms with Crippen molar-refractivity contribution in [3.05, 3.63) is 35.9 Å². The van der Waals surface area contributed by atoms with E-state index in [0.717, 1.165) is 0 Å². The number of aliphatic hydroxyl groups is 1. The number of aliphatic hydroxyl groups excluding tert-OH is 1. The topological polar surface area (TPSA) is 32.3 Å².